The Morgan fingerprint density at radius 3 is 2.71 bits per heavy atom. The van der Waals surface area contributed by atoms with Crippen molar-refractivity contribution in [3.05, 3.63) is 48.2 Å². The van der Waals surface area contributed by atoms with Gasteiger partial charge in [-0.3, -0.25) is 0 Å². The molecule has 0 aliphatic heterocycles. The maximum absolute atomic E-state index is 6.46. The van der Waals surface area contributed by atoms with Crippen LogP contribution in [0.3, 0.4) is 0 Å². The van der Waals surface area contributed by atoms with Crippen LogP contribution in [0.4, 0.5) is 0 Å². The molecule has 3 aromatic heterocycles. The summed E-state index contributed by atoms with van der Waals surface area (Å²) in [6.07, 6.45) is 12.7. The summed E-state index contributed by atoms with van der Waals surface area (Å²) in [5.41, 5.74) is 0.773. The Morgan fingerprint density at radius 1 is 1.21 bits per heavy atom. The van der Waals surface area contributed by atoms with Crippen LogP contribution in [-0.4, -0.2) is 40.8 Å². The Morgan fingerprint density at radius 2 is 2.00 bits per heavy atom. The number of nitrogens with zero attached hydrogens (tertiary/aromatic N) is 7. The zero-order valence-corrected chi connectivity index (χ0v) is 16.3. The Labute approximate surface area is 168 Å². The lowest BCUT2D eigenvalue weighted by molar-refractivity contribution is 0.149. The van der Waals surface area contributed by atoms with Crippen molar-refractivity contribution < 1.29 is 4.74 Å². The largest absolute Gasteiger partial charge is 0.473 e. The second-order valence-corrected chi connectivity index (χ2v) is 7.18. The van der Waals surface area contributed by atoms with Gasteiger partial charge in [-0.05, 0) is 31.7 Å². The van der Waals surface area contributed by atoms with E-state index in [1.807, 2.05) is 6.07 Å². The molecule has 4 rings (SSSR count). The van der Waals surface area contributed by atoms with Gasteiger partial charge in [-0.15, -0.1) is 6.58 Å². The molecule has 0 amide bonds. The zero-order chi connectivity index (χ0) is 19.3. The van der Waals surface area contributed by atoms with Crippen LogP contribution in [0, 0.1) is 0 Å². The smallest absolute Gasteiger partial charge is 0.232 e. The summed E-state index contributed by atoms with van der Waals surface area (Å²) in [5.74, 6) is 1.75. The minimum absolute atomic E-state index is 0.196. The molecule has 1 aliphatic rings. The van der Waals surface area contributed by atoms with Crippen LogP contribution in [0.25, 0.3) is 11.4 Å². The number of aromatic nitrogens is 7. The van der Waals surface area contributed by atoms with E-state index in [-0.39, 0.29) is 6.10 Å². The second kappa shape index (κ2) is 8.52. The summed E-state index contributed by atoms with van der Waals surface area (Å²) < 4.78 is 7.77. The number of pyridine rings is 1. The van der Waals surface area contributed by atoms with Crippen LogP contribution in [0.15, 0.2) is 37.3 Å². The lowest BCUT2D eigenvalue weighted by atomic mass is 9.98. The van der Waals surface area contributed by atoms with Crippen molar-refractivity contribution in [2.24, 2.45) is 0 Å². The monoisotopic (exact) mass is 399 g/mol. The van der Waals surface area contributed by atoms with E-state index in [0.29, 0.717) is 35.6 Å². The minimum Gasteiger partial charge on any atom is -0.473 e. The molecule has 1 saturated carbocycles. The molecular formula is C19H22ClN7O. The van der Waals surface area contributed by atoms with E-state index in [2.05, 4.69) is 31.8 Å². The lowest BCUT2D eigenvalue weighted by Crippen LogP contribution is -2.20. The Bertz CT molecular complexity index is 932. The number of rotatable bonds is 7. The number of hydrogen-bond acceptors (Lipinski definition) is 6. The first-order valence-corrected chi connectivity index (χ1v) is 9.82. The first-order valence-electron chi connectivity index (χ1n) is 9.44. The molecule has 0 unspecified atom stereocenters. The highest BCUT2D eigenvalue weighted by molar-refractivity contribution is 6.32. The molecule has 0 saturated heterocycles. The molecule has 0 bridgehead atoms. The molecule has 1 aliphatic carbocycles. The van der Waals surface area contributed by atoms with E-state index in [1.165, 1.54) is 24.1 Å². The van der Waals surface area contributed by atoms with Crippen LogP contribution < -0.4 is 4.74 Å². The van der Waals surface area contributed by atoms with Crippen LogP contribution in [-0.2, 0) is 13.1 Å². The average Bonchev–Trinajstić information content (AvgIpc) is 3.35. The number of allylic oxidation sites excluding steroid dienone is 1. The van der Waals surface area contributed by atoms with Crippen LogP contribution in [0.5, 0.6) is 5.88 Å². The van der Waals surface area contributed by atoms with E-state index < -0.39 is 0 Å². The number of halogens is 1. The van der Waals surface area contributed by atoms with Gasteiger partial charge in [-0.25, -0.2) is 14.6 Å². The van der Waals surface area contributed by atoms with Gasteiger partial charge in [0, 0.05) is 11.8 Å². The predicted octanol–water partition coefficient (Wildman–Crippen LogP) is 3.53. The first kappa shape index (κ1) is 18.6. The third-order valence-corrected chi connectivity index (χ3v) is 4.93. The third kappa shape index (κ3) is 4.22. The number of ether oxygens (including phenoxy) is 1. The Hall–Kier alpha value is -2.74. The van der Waals surface area contributed by atoms with Crippen molar-refractivity contribution in [3.63, 3.8) is 0 Å². The van der Waals surface area contributed by atoms with Crippen molar-refractivity contribution in [1.82, 2.24) is 34.7 Å². The molecule has 0 spiro atoms. The maximum atomic E-state index is 6.46. The lowest BCUT2D eigenvalue weighted by Gasteiger charge is -2.22. The van der Waals surface area contributed by atoms with Crippen molar-refractivity contribution in [1.29, 1.82) is 0 Å². The second-order valence-electron chi connectivity index (χ2n) is 6.77. The summed E-state index contributed by atoms with van der Waals surface area (Å²) >= 11 is 6.46. The number of hydrogen-bond donors (Lipinski definition) is 0. The predicted molar refractivity (Wildman–Crippen MR) is 105 cm³/mol. The molecule has 0 atom stereocenters. The summed E-state index contributed by atoms with van der Waals surface area (Å²) in [6, 6.07) is 1.83. The molecule has 3 heterocycles. The summed E-state index contributed by atoms with van der Waals surface area (Å²) in [7, 11) is 0. The van der Waals surface area contributed by atoms with Crippen molar-refractivity contribution in [3.8, 4) is 17.3 Å². The van der Waals surface area contributed by atoms with Gasteiger partial charge in [-0.2, -0.15) is 20.1 Å². The minimum atomic E-state index is 0.196. The molecule has 0 aromatic carbocycles. The van der Waals surface area contributed by atoms with E-state index >= 15 is 0 Å². The van der Waals surface area contributed by atoms with E-state index in [4.69, 9.17) is 16.3 Å². The van der Waals surface area contributed by atoms with Gasteiger partial charge in [0.1, 0.15) is 17.7 Å². The molecule has 28 heavy (non-hydrogen) atoms. The third-order valence-electron chi connectivity index (χ3n) is 4.66. The van der Waals surface area contributed by atoms with E-state index in [0.717, 1.165) is 18.4 Å². The molecule has 0 N–H and O–H groups in total. The van der Waals surface area contributed by atoms with Gasteiger partial charge in [0.2, 0.25) is 5.88 Å². The zero-order valence-electron chi connectivity index (χ0n) is 15.5. The standard InChI is InChI=1S/C19H22ClN7O/c1-2-10-26-18(24-17(25-26)13-27-22-8-9-23-27)14-11-16(20)19(21-12-14)28-15-6-4-3-5-7-15/h2,8-9,11-12,15H,1,3-7,10,13H2. The van der Waals surface area contributed by atoms with Crippen LogP contribution >= 0.6 is 11.6 Å². The van der Waals surface area contributed by atoms with Gasteiger partial charge >= 0.3 is 0 Å². The Balaban J connectivity index is 1.57. The SMILES string of the molecule is C=CCn1nc(Cn2nccn2)nc1-c1cnc(OC2CCCCC2)c(Cl)c1. The average molecular weight is 400 g/mol. The highest BCUT2D eigenvalue weighted by atomic mass is 35.5. The van der Waals surface area contributed by atoms with Crippen LogP contribution in [0.1, 0.15) is 37.9 Å². The highest BCUT2D eigenvalue weighted by Gasteiger charge is 2.19. The van der Waals surface area contributed by atoms with Gasteiger partial charge in [0.15, 0.2) is 11.6 Å². The topological polar surface area (TPSA) is 83.5 Å². The van der Waals surface area contributed by atoms with Crippen molar-refractivity contribution >= 4 is 11.6 Å². The first-order chi connectivity index (χ1) is 13.7. The van der Waals surface area contributed by atoms with Crippen molar-refractivity contribution in [2.75, 3.05) is 0 Å². The summed E-state index contributed by atoms with van der Waals surface area (Å²) in [4.78, 5) is 10.6. The van der Waals surface area contributed by atoms with Gasteiger partial charge in [0.25, 0.3) is 0 Å². The summed E-state index contributed by atoms with van der Waals surface area (Å²) in [5, 5.41) is 13.2. The molecule has 1 fully saturated rings. The molecular weight excluding hydrogens is 378 g/mol. The fourth-order valence-electron chi connectivity index (χ4n) is 3.35. The molecule has 9 heteroatoms. The maximum Gasteiger partial charge on any atom is 0.232 e. The quantitative estimate of drug-likeness (QED) is 0.565. The highest BCUT2D eigenvalue weighted by Crippen LogP contribution is 2.30. The van der Waals surface area contributed by atoms with E-state index in [9.17, 15) is 0 Å². The fraction of sp³-hybridized carbons (Fsp3) is 0.421. The van der Waals surface area contributed by atoms with Gasteiger partial charge < -0.3 is 4.74 Å². The van der Waals surface area contributed by atoms with Crippen molar-refractivity contribution in [2.45, 2.75) is 51.3 Å². The fourth-order valence-corrected chi connectivity index (χ4v) is 3.56. The molecule has 146 valence electrons. The molecule has 8 nitrogen and oxygen atoms in total. The normalized spacial score (nSPS) is 14.9. The van der Waals surface area contributed by atoms with Gasteiger partial charge in [0.05, 0.1) is 18.9 Å². The summed E-state index contributed by atoms with van der Waals surface area (Å²) in [6.45, 7) is 4.70. The molecule has 3 aromatic rings. The van der Waals surface area contributed by atoms with E-state index in [1.54, 1.807) is 29.3 Å². The molecule has 0 radical (unpaired) electrons. The Kier molecular flexibility index (Phi) is 5.66. The van der Waals surface area contributed by atoms with Crippen LogP contribution in [0.2, 0.25) is 5.02 Å². The van der Waals surface area contributed by atoms with Gasteiger partial charge in [-0.1, -0.05) is 24.1 Å².